The molecule has 0 aliphatic carbocycles. The minimum atomic E-state index is -0.425. The molecule has 0 atom stereocenters. The highest BCUT2D eigenvalue weighted by atomic mass is 79.9. The first kappa shape index (κ1) is 10.2. The van der Waals surface area contributed by atoms with Crippen LogP contribution in [0.5, 0.6) is 0 Å². The van der Waals surface area contributed by atoms with Crippen molar-refractivity contribution in [1.82, 2.24) is 4.98 Å². The number of carbonyl (C=O) groups excluding carboxylic acids is 1. The predicted molar refractivity (Wildman–Crippen MR) is 59.5 cm³/mol. The van der Waals surface area contributed by atoms with Crippen molar-refractivity contribution in [2.75, 3.05) is 0 Å². The van der Waals surface area contributed by atoms with Crippen LogP contribution in [0.15, 0.2) is 22.7 Å². The molecule has 15 heavy (non-hydrogen) atoms. The van der Waals surface area contributed by atoms with Gasteiger partial charge in [-0.25, -0.2) is 9.37 Å². The molecule has 0 saturated carbocycles. The number of nitrogens with zero attached hydrogens (tertiary/aromatic N) is 1. The van der Waals surface area contributed by atoms with Gasteiger partial charge in [0.2, 0.25) is 0 Å². The average Bonchev–Trinajstić information content (AvgIpc) is 2.18. The van der Waals surface area contributed by atoms with Crippen LogP contribution in [0.4, 0.5) is 4.39 Å². The lowest BCUT2D eigenvalue weighted by atomic mass is 10.1. The third kappa shape index (κ3) is 1.77. The molecule has 0 aliphatic heterocycles. The summed E-state index contributed by atoms with van der Waals surface area (Å²) in [6, 6.07) is 4.67. The summed E-state index contributed by atoms with van der Waals surface area (Å²) in [7, 11) is 0. The van der Waals surface area contributed by atoms with Crippen LogP contribution in [0.1, 0.15) is 16.1 Å². The van der Waals surface area contributed by atoms with Gasteiger partial charge in [0.1, 0.15) is 5.52 Å². The summed E-state index contributed by atoms with van der Waals surface area (Å²) in [6.07, 6.45) is 0.711. The summed E-state index contributed by atoms with van der Waals surface area (Å²) in [4.78, 5) is 14.9. The third-order valence-electron chi connectivity index (χ3n) is 2.12. The highest BCUT2D eigenvalue weighted by Gasteiger charge is 2.08. The van der Waals surface area contributed by atoms with Crippen molar-refractivity contribution in [3.63, 3.8) is 0 Å². The first-order valence-corrected chi connectivity index (χ1v) is 5.12. The molecule has 0 fully saturated rings. The van der Waals surface area contributed by atoms with Crippen molar-refractivity contribution in [3.05, 3.63) is 39.7 Å². The molecule has 1 heterocycles. The minimum absolute atomic E-state index is 0.236. The van der Waals surface area contributed by atoms with E-state index in [-0.39, 0.29) is 5.52 Å². The number of halogens is 2. The first-order valence-electron chi connectivity index (χ1n) is 4.33. The van der Waals surface area contributed by atoms with Crippen LogP contribution in [-0.2, 0) is 0 Å². The Balaban J connectivity index is 2.95. The van der Waals surface area contributed by atoms with E-state index in [0.717, 1.165) is 0 Å². The molecule has 0 saturated heterocycles. The van der Waals surface area contributed by atoms with Crippen molar-refractivity contribution in [2.24, 2.45) is 0 Å². The second-order valence-electron chi connectivity index (χ2n) is 3.25. The SMILES string of the molecule is Cc1cc(C=O)c2cc(Br)cc(F)c2n1. The van der Waals surface area contributed by atoms with Crippen LogP contribution in [0.3, 0.4) is 0 Å². The number of fused-ring (bicyclic) bond motifs is 1. The fraction of sp³-hybridized carbons (Fsp3) is 0.0909. The van der Waals surface area contributed by atoms with E-state index in [9.17, 15) is 9.18 Å². The molecular formula is C11H7BrFNO. The van der Waals surface area contributed by atoms with E-state index in [1.165, 1.54) is 6.07 Å². The van der Waals surface area contributed by atoms with E-state index in [1.54, 1.807) is 19.1 Å². The lowest BCUT2D eigenvalue weighted by Crippen LogP contribution is -1.93. The van der Waals surface area contributed by atoms with Crippen LogP contribution >= 0.6 is 15.9 Å². The Morgan fingerprint density at radius 3 is 2.80 bits per heavy atom. The summed E-state index contributed by atoms with van der Waals surface area (Å²) in [5.41, 5.74) is 1.32. The molecule has 4 heteroatoms. The number of carbonyl (C=O) groups is 1. The highest BCUT2D eigenvalue weighted by Crippen LogP contribution is 2.24. The second-order valence-corrected chi connectivity index (χ2v) is 4.17. The fourth-order valence-electron chi connectivity index (χ4n) is 1.51. The Labute approximate surface area is 94.3 Å². The predicted octanol–water partition coefficient (Wildman–Crippen LogP) is 3.26. The normalized spacial score (nSPS) is 10.6. The topological polar surface area (TPSA) is 30.0 Å². The molecule has 2 aromatic rings. The Morgan fingerprint density at radius 2 is 2.13 bits per heavy atom. The molecule has 0 spiro atoms. The van der Waals surface area contributed by atoms with Crippen molar-refractivity contribution in [2.45, 2.75) is 6.92 Å². The van der Waals surface area contributed by atoms with Gasteiger partial charge in [-0.3, -0.25) is 4.79 Å². The molecule has 0 radical (unpaired) electrons. The summed E-state index contributed by atoms with van der Waals surface area (Å²) in [6.45, 7) is 1.73. The van der Waals surface area contributed by atoms with Crippen LogP contribution in [0.25, 0.3) is 10.9 Å². The van der Waals surface area contributed by atoms with Gasteiger partial charge in [-0.1, -0.05) is 15.9 Å². The zero-order valence-corrected chi connectivity index (χ0v) is 9.51. The van der Waals surface area contributed by atoms with Crippen molar-refractivity contribution >= 4 is 33.1 Å². The zero-order valence-electron chi connectivity index (χ0n) is 7.92. The van der Waals surface area contributed by atoms with E-state index in [1.807, 2.05) is 0 Å². The Kier molecular flexibility index (Phi) is 2.52. The van der Waals surface area contributed by atoms with Crippen molar-refractivity contribution in [3.8, 4) is 0 Å². The number of pyridine rings is 1. The maximum absolute atomic E-state index is 13.5. The second kappa shape index (κ2) is 3.70. The summed E-state index contributed by atoms with van der Waals surface area (Å²) in [5.74, 6) is -0.425. The van der Waals surface area contributed by atoms with Gasteiger partial charge in [0.25, 0.3) is 0 Å². The summed E-state index contributed by atoms with van der Waals surface area (Å²) < 4.78 is 14.1. The number of aldehydes is 1. The summed E-state index contributed by atoms with van der Waals surface area (Å²) in [5, 5.41) is 0.530. The molecular weight excluding hydrogens is 261 g/mol. The first-order chi connectivity index (χ1) is 7.11. The van der Waals surface area contributed by atoms with Gasteiger partial charge < -0.3 is 0 Å². The number of hydrogen-bond donors (Lipinski definition) is 0. The number of aryl methyl sites for hydroxylation is 1. The molecule has 2 rings (SSSR count). The Hall–Kier alpha value is -1.29. The number of rotatable bonds is 1. The fourth-order valence-corrected chi connectivity index (χ4v) is 1.94. The lowest BCUT2D eigenvalue weighted by molar-refractivity contribution is 0.112. The molecule has 0 amide bonds. The molecule has 1 aromatic carbocycles. The average molecular weight is 268 g/mol. The maximum Gasteiger partial charge on any atom is 0.150 e. The molecule has 1 aromatic heterocycles. The van der Waals surface area contributed by atoms with Gasteiger partial charge in [-0.2, -0.15) is 0 Å². The summed E-state index contributed by atoms with van der Waals surface area (Å²) >= 11 is 3.18. The van der Waals surface area contributed by atoms with Gasteiger partial charge in [0.15, 0.2) is 12.1 Å². The van der Waals surface area contributed by atoms with E-state index >= 15 is 0 Å². The van der Waals surface area contributed by atoms with Gasteiger partial charge in [-0.05, 0) is 25.1 Å². The van der Waals surface area contributed by atoms with E-state index in [4.69, 9.17) is 0 Å². The number of hydrogen-bond acceptors (Lipinski definition) is 2. The van der Waals surface area contributed by atoms with Crippen LogP contribution in [0.2, 0.25) is 0 Å². The Morgan fingerprint density at radius 1 is 1.40 bits per heavy atom. The van der Waals surface area contributed by atoms with E-state index < -0.39 is 5.82 Å². The molecule has 0 N–H and O–H groups in total. The van der Waals surface area contributed by atoms with Gasteiger partial charge in [-0.15, -0.1) is 0 Å². The highest BCUT2D eigenvalue weighted by molar-refractivity contribution is 9.10. The molecule has 2 nitrogen and oxygen atoms in total. The zero-order chi connectivity index (χ0) is 11.0. The van der Waals surface area contributed by atoms with Gasteiger partial charge >= 0.3 is 0 Å². The van der Waals surface area contributed by atoms with E-state index in [2.05, 4.69) is 20.9 Å². The quantitative estimate of drug-likeness (QED) is 0.743. The van der Waals surface area contributed by atoms with Crippen LogP contribution in [-0.4, -0.2) is 11.3 Å². The third-order valence-corrected chi connectivity index (χ3v) is 2.58. The monoisotopic (exact) mass is 267 g/mol. The molecule has 0 aliphatic rings. The van der Waals surface area contributed by atoms with Gasteiger partial charge in [0, 0.05) is 21.1 Å². The van der Waals surface area contributed by atoms with Gasteiger partial charge in [0.05, 0.1) is 0 Å². The molecule has 0 bridgehead atoms. The minimum Gasteiger partial charge on any atom is -0.298 e. The van der Waals surface area contributed by atoms with E-state index in [0.29, 0.717) is 27.4 Å². The van der Waals surface area contributed by atoms with Crippen molar-refractivity contribution < 1.29 is 9.18 Å². The lowest BCUT2D eigenvalue weighted by Gasteiger charge is -2.04. The Bertz CT molecular complexity index is 554. The van der Waals surface area contributed by atoms with Crippen molar-refractivity contribution in [1.29, 1.82) is 0 Å². The number of aromatic nitrogens is 1. The maximum atomic E-state index is 13.5. The molecule has 0 unspecified atom stereocenters. The molecule has 76 valence electrons. The number of benzene rings is 1. The van der Waals surface area contributed by atoms with Crippen LogP contribution < -0.4 is 0 Å². The largest absolute Gasteiger partial charge is 0.298 e. The van der Waals surface area contributed by atoms with Crippen LogP contribution in [0, 0.1) is 12.7 Å². The smallest absolute Gasteiger partial charge is 0.150 e. The standard InChI is InChI=1S/C11H7BrFNO/c1-6-2-7(5-15)9-3-8(12)4-10(13)11(9)14-6/h2-5H,1H3.